The number of anilines is 2. The van der Waals surface area contributed by atoms with Crippen molar-refractivity contribution >= 4 is 34.1 Å². The zero-order valence-electron chi connectivity index (χ0n) is 17.6. The number of carbonyl (C=O) groups excluding carboxylic acids is 2. The van der Waals surface area contributed by atoms with Gasteiger partial charge >= 0.3 is 0 Å². The molecule has 0 atom stereocenters. The highest BCUT2D eigenvalue weighted by Gasteiger charge is 2.23. The summed E-state index contributed by atoms with van der Waals surface area (Å²) in [7, 11) is 1.62. The Balaban J connectivity index is 1.55. The number of H-pyrrole nitrogens is 1. The van der Waals surface area contributed by atoms with Gasteiger partial charge in [-0.15, -0.1) is 0 Å². The lowest BCUT2D eigenvalue weighted by molar-refractivity contribution is -0.119. The van der Waals surface area contributed by atoms with Crippen LogP contribution < -0.4 is 15.4 Å². The molecule has 30 heavy (non-hydrogen) atoms. The quantitative estimate of drug-likeness (QED) is 0.547. The Morgan fingerprint density at radius 2 is 1.80 bits per heavy atom. The van der Waals surface area contributed by atoms with E-state index < -0.39 is 0 Å². The van der Waals surface area contributed by atoms with Crippen LogP contribution in [0.25, 0.3) is 10.9 Å². The van der Waals surface area contributed by atoms with E-state index in [0.29, 0.717) is 17.1 Å². The molecule has 3 N–H and O–H groups in total. The minimum absolute atomic E-state index is 0.0639. The Labute approximate surface area is 176 Å². The third kappa shape index (κ3) is 3.90. The number of benzene rings is 2. The molecule has 0 radical (unpaired) electrons. The molecular weight excluding hydrogens is 378 g/mol. The maximum atomic E-state index is 13.0. The molecular formula is C24H27N3O3. The van der Waals surface area contributed by atoms with Gasteiger partial charge in [-0.2, -0.15) is 0 Å². The smallest absolute Gasteiger partial charge is 0.272 e. The number of hydrogen-bond donors (Lipinski definition) is 3. The molecule has 156 valence electrons. The average molecular weight is 405 g/mol. The van der Waals surface area contributed by atoms with Gasteiger partial charge in [-0.25, -0.2) is 0 Å². The van der Waals surface area contributed by atoms with Gasteiger partial charge in [-0.3, -0.25) is 9.59 Å². The third-order valence-electron chi connectivity index (χ3n) is 5.97. The molecule has 0 aliphatic heterocycles. The number of fused-ring (bicyclic) bond motifs is 1. The van der Waals surface area contributed by atoms with Crippen molar-refractivity contribution in [2.75, 3.05) is 17.7 Å². The number of ether oxygens (including phenoxy) is 1. The van der Waals surface area contributed by atoms with E-state index >= 15 is 0 Å². The normalized spacial score (nSPS) is 14.1. The molecule has 1 saturated carbocycles. The highest BCUT2D eigenvalue weighted by Crippen LogP contribution is 2.29. The van der Waals surface area contributed by atoms with Gasteiger partial charge in [0, 0.05) is 28.2 Å². The number of aryl methyl sites for hydroxylation is 2. The van der Waals surface area contributed by atoms with Crippen LogP contribution in [-0.2, 0) is 4.79 Å². The maximum absolute atomic E-state index is 13.0. The van der Waals surface area contributed by atoms with E-state index in [0.717, 1.165) is 53.5 Å². The molecule has 0 saturated heterocycles. The molecule has 1 heterocycles. The van der Waals surface area contributed by atoms with Gasteiger partial charge in [-0.1, -0.05) is 18.9 Å². The van der Waals surface area contributed by atoms with Crippen molar-refractivity contribution < 1.29 is 14.3 Å². The van der Waals surface area contributed by atoms with Crippen molar-refractivity contribution in [2.24, 2.45) is 5.92 Å². The van der Waals surface area contributed by atoms with Crippen LogP contribution in [0.3, 0.4) is 0 Å². The summed E-state index contributed by atoms with van der Waals surface area (Å²) in [5.74, 6) is 0.688. The minimum Gasteiger partial charge on any atom is -0.497 e. The molecule has 4 rings (SSSR count). The van der Waals surface area contributed by atoms with Crippen LogP contribution in [-0.4, -0.2) is 23.9 Å². The van der Waals surface area contributed by atoms with Crippen LogP contribution >= 0.6 is 0 Å². The van der Waals surface area contributed by atoms with E-state index in [2.05, 4.69) is 15.6 Å². The number of aromatic amines is 1. The highest BCUT2D eigenvalue weighted by atomic mass is 16.5. The topological polar surface area (TPSA) is 83.2 Å². The van der Waals surface area contributed by atoms with Gasteiger partial charge in [-0.05, 0) is 68.1 Å². The molecule has 1 aliphatic rings. The first-order chi connectivity index (χ1) is 14.5. The molecule has 0 unspecified atom stereocenters. The van der Waals surface area contributed by atoms with Gasteiger partial charge in [0.25, 0.3) is 5.91 Å². The number of hydrogen-bond acceptors (Lipinski definition) is 3. The molecule has 6 nitrogen and oxygen atoms in total. The molecule has 1 aromatic heterocycles. The molecule has 0 bridgehead atoms. The second-order valence-corrected chi connectivity index (χ2v) is 7.99. The summed E-state index contributed by atoms with van der Waals surface area (Å²) >= 11 is 0. The van der Waals surface area contributed by atoms with Crippen LogP contribution in [0.5, 0.6) is 5.75 Å². The van der Waals surface area contributed by atoms with Crippen LogP contribution in [0, 0.1) is 19.8 Å². The third-order valence-corrected chi connectivity index (χ3v) is 5.97. The maximum Gasteiger partial charge on any atom is 0.272 e. The number of nitrogens with one attached hydrogen (secondary N) is 3. The predicted octanol–water partition coefficient (Wildman–Crippen LogP) is 5.17. The molecule has 0 spiro atoms. The Morgan fingerprint density at radius 3 is 2.53 bits per heavy atom. The van der Waals surface area contributed by atoms with E-state index in [1.807, 2.05) is 50.2 Å². The summed E-state index contributed by atoms with van der Waals surface area (Å²) in [6, 6.07) is 11.3. The summed E-state index contributed by atoms with van der Waals surface area (Å²) in [6.45, 7) is 3.85. The van der Waals surface area contributed by atoms with Crippen molar-refractivity contribution in [2.45, 2.75) is 39.5 Å². The van der Waals surface area contributed by atoms with Crippen LogP contribution in [0.4, 0.5) is 11.4 Å². The molecule has 6 heteroatoms. The summed E-state index contributed by atoms with van der Waals surface area (Å²) in [4.78, 5) is 28.6. The summed E-state index contributed by atoms with van der Waals surface area (Å²) < 4.78 is 5.29. The molecule has 2 amide bonds. The van der Waals surface area contributed by atoms with E-state index in [9.17, 15) is 9.59 Å². The van der Waals surface area contributed by atoms with Gasteiger partial charge in [0.2, 0.25) is 5.91 Å². The van der Waals surface area contributed by atoms with Crippen LogP contribution in [0.2, 0.25) is 0 Å². The van der Waals surface area contributed by atoms with E-state index in [-0.39, 0.29) is 17.7 Å². The van der Waals surface area contributed by atoms with Crippen molar-refractivity contribution in [1.29, 1.82) is 0 Å². The number of rotatable bonds is 5. The highest BCUT2D eigenvalue weighted by molar-refractivity contribution is 6.08. The monoisotopic (exact) mass is 405 g/mol. The van der Waals surface area contributed by atoms with Gasteiger partial charge < -0.3 is 20.4 Å². The van der Waals surface area contributed by atoms with Gasteiger partial charge in [0.1, 0.15) is 11.4 Å². The summed E-state index contributed by atoms with van der Waals surface area (Å²) in [5.41, 5.74) is 4.57. The Bertz CT molecular complexity index is 1110. The van der Waals surface area contributed by atoms with E-state index in [1.165, 1.54) is 0 Å². The number of amides is 2. The second kappa shape index (κ2) is 8.22. The fraction of sp³-hybridized carbons (Fsp3) is 0.333. The van der Waals surface area contributed by atoms with Crippen LogP contribution in [0.1, 0.15) is 47.3 Å². The first-order valence-electron chi connectivity index (χ1n) is 10.4. The Morgan fingerprint density at radius 1 is 1.03 bits per heavy atom. The summed E-state index contributed by atoms with van der Waals surface area (Å²) in [6.07, 6.45) is 4.13. The number of carbonyl (C=O) groups is 2. The number of methoxy groups -OCH3 is 1. The van der Waals surface area contributed by atoms with E-state index in [1.54, 1.807) is 7.11 Å². The second-order valence-electron chi connectivity index (χ2n) is 7.99. The van der Waals surface area contributed by atoms with Gasteiger partial charge in [0.15, 0.2) is 0 Å². The zero-order chi connectivity index (χ0) is 21.3. The van der Waals surface area contributed by atoms with E-state index in [4.69, 9.17) is 4.74 Å². The Hall–Kier alpha value is -3.28. The lowest BCUT2D eigenvalue weighted by Crippen LogP contribution is -2.20. The van der Waals surface area contributed by atoms with Crippen molar-refractivity contribution in [3.05, 3.63) is 53.2 Å². The lowest BCUT2D eigenvalue weighted by atomic mass is 10.1. The first kappa shape index (κ1) is 20.0. The largest absolute Gasteiger partial charge is 0.497 e. The van der Waals surface area contributed by atoms with Gasteiger partial charge in [0.05, 0.1) is 7.11 Å². The van der Waals surface area contributed by atoms with Crippen molar-refractivity contribution in [3.63, 3.8) is 0 Å². The minimum atomic E-state index is -0.218. The number of aromatic nitrogens is 1. The SMILES string of the molecule is COc1ccc2[nH]c(C(=O)Nc3cc(NC(=O)C4CCCC4)ccc3C)c(C)c2c1. The van der Waals surface area contributed by atoms with Crippen LogP contribution in [0.15, 0.2) is 36.4 Å². The molecule has 3 aromatic rings. The average Bonchev–Trinajstić information content (AvgIpc) is 3.39. The fourth-order valence-corrected chi connectivity index (χ4v) is 4.11. The lowest BCUT2D eigenvalue weighted by Gasteiger charge is -2.13. The summed E-state index contributed by atoms with van der Waals surface area (Å²) in [5, 5.41) is 6.94. The molecule has 2 aromatic carbocycles. The predicted molar refractivity (Wildman–Crippen MR) is 119 cm³/mol. The first-order valence-corrected chi connectivity index (χ1v) is 10.4. The zero-order valence-corrected chi connectivity index (χ0v) is 17.6. The molecule has 1 fully saturated rings. The Kier molecular flexibility index (Phi) is 5.48. The molecule has 1 aliphatic carbocycles. The van der Waals surface area contributed by atoms with Crippen molar-refractivity contribution in [3.8, 4) is 5.75 Å². The van der Waals surface area contributed by atoms with Crippen molar-refractivity contribution in [1.82, 2.24) is 4.98 Å². The fourth-order valence-electron chi connectivity index (χ4n) is 4.11. The standard InChI is InChI=1S/C24H27N3O3/c1-14-8-9-17(25-23(28)16-6-4-5-7-16)12-21(14)27-24(29)22-15(2)19-13-18(30-3)10-11-20(19)26-22/h8-13,16,26H,4-7H2,1-3H3,(H,25,28)(H,27,29).